The summed E-state index contributed by atoms with van der Waals surface area (Å²) in [6, 6.07) is 17.7. The van der Waals surface area contributed by atoms with Crippen LogP contribution in [0.25, 0.3) is 0 Å². The van der Waals surface area contributed by atoms with Gasteiger partial charge in [-0.2, -0.15) is 5.26 Å². The number of likely N-dealkylation sites (tertiary alicyclic amines) is 2. The van der Waals surface area contributed by atoms with E-state index < -0.39 is 0 Å². The second-order valence-corrected chi connectivity index (χ2v) is 9.03. The molecule has 0 spiro atoms. The third-order valence-electron chi connectivity index (χ3n) is 6.80. The quantitative estimate of drug-likeness (QED) is 0.691. The number of rotatable bonds is 6. The third-order valence-corrected chi connectivity index (χ3v) is 6.80. The van der Waals surface area contributed by atoms with E-state index in [1.54, 1.807) is 24.3 Å². The van der Waals surface area contributed by atoms with E-state index in [-0.39, 0.29) is 11.8 Å². The van der Waals surface area contributed by atoms with Crippen LogP contribution in [0.1, 0.15) is 59.2 Å². The van der Waals surface area contributed by atoms with E-state index in [4.69, 9.17) is 5.26 Å². The molecule has 2 amide bonds. The molecule has 0 N–H and O–H groups in total. The van der Waals surface area contributed by atoms with Gasteiger partial charge >= 0.3 is 0 Å². The Labute approximate surface area is 190 Å². The highest BCUT2D eigenvalue weighted by atomic mass is 16.2. The lowest BCUT2D eigenvalue weighted by Gasteiger charge is -2.32. The molecule has 2 aliphatic heterocycles. The second kappa shape index (κ2) is 10.5. The molecule has 2 saturated heterocycles. The van der Waals surface area contributed by atoms with Gasteiger partial charge in [-0.05, 0) is 79.8 Å². The van der Waals surface area contributed by atoms with Gasteiger partial charge in [-0.3, -0.25) is 9.59 Å². The van der Waals surface area contributed by atoms with Gasteiger partial charge in [0.05, 0.1) is 11.6 Å². The first-order valence-corrected chi connectivity index (χ1v) is 11.8. The van der Waals surface area contributed by atoms with Crippen molar-refractivity contribution in [3.8, 4) is 6.07 Å². The fourth-order valence-corrected chi connectivity index (χ4v) is 4.76. The van der Waals surface area contributed by atoms with E-state index in [0.29, 0.717) is 23.5 Å². The average molecular weight is 430 g/mol. The zero-order chi connectivity index (χ0) is 22.3. The summed E-state index contributed by atoms with van der Waals surface area (Å²) < 4.78 is 0. The smallest absolute Gasteiger partial charge is 0.253 e. The first-order chi connectivity index (χ1) is 15.6. The molecule has 32 heavy (non-hydrogen) atoms. The van der Waals surface area contributed by atoms with Crippen LogP contribution in [-0.2, 0) is 17.6 Å². The molecule has 0 bridgehead atoms. The van der Waals surface area contributed by atoms with E-state index >= 15 is 0 Å². The Morgan fingerprint density at radius 3 is 2.09 bits per heavy atom. The maximum atomic E-state index is 12.7. The van der Waals surface area contributed by atoms with Gasteiger partial charge in [-0.25, -0.2) is 0 Å². The van der Waals surface area contributed by atoms with Gasteiger partial charge in [0.1, 0.15) is 0 Å². The number of piperidine rings is 1. The van der Waals surface area contributed by atoms with Crippen LogP contribution in [-0.4, -0.2) is 47.8 Å². The molecular formula is C27H31N3O2. The highest BCUT2D eigenvalue weighted by molar-refractivity contribution is 5.94. The molecule has 0 unspecified atom stereocenters. The van der Waals surface area contributed by atoms with Crippen molar-refractivity contribution in [2.75, 3.05) is 26.2 Å². The van der Waals surface area contributed by atoms with E-state index in [1.807, 2.05) is 9.80 Å². The van der Waals surface area contributed by atoms with Crippen molar-refractivity contribution in [2.45, 2.75) is 44.9 Å². The predicted molar refractivity (Wildman–Crippen MR) is 124 cm³/mol. The maximum Gasteiger partial charge on any atom is 0.253 e. The number of amides is 2. The van der Waals surface area contributed by atoms with Crippen LogP contribution in [0.2, 0.25) is 0 Å². The molecule has 2 heterocycles. The van der Waals surface area contributed by atoms with Crippen LogP contribution >= 0.6 is 0 Å². The van der Waals surface area contributed by atoms with E-state index in [1.165, 1.54) is 11.1 Å². The Bertz CT molecular complexity index is 961. The minimum Gasteiger partial charge on any atom is -0.343 e. The third kappa shape index (κ3) is 5.56. The minimum atomic E-state index is 0.0563. The van der Waals surface area contributed by atoms with Gasteiger partial charge in [-0.1, -0.05) is 24.3 Å². The average Bonchev–Trinajstić information content (AvgIpc) is 3.39. The lowest BCUT2D eigenvalue weighted by molar-refractivity contribution is -0.130. The van der Waals surface area contributed by atoms with Crippen LogP contribution in [0.4, 0.5) is 0 Å². The monoisotopic (exact) mass is 429 g/mol. The summed E-state index contributed by atoms with van der Waals surface area (Å²) in [7, 11) is 0. The Balaban J connectivity index is 1.22. The fourth-order valence-electron chi connectivity index (χ4n) is 4.76. The number of nitriles is 1. The molecule has 2 aromatic carbocycles. The molecular weight excluding hydrogens is 398 g/mol. The minimum absolute atomic E-state index is 0.0563. The summed E-state index contributed by atoms with van der Waals surface area (Å²) in [5.74, 6) is 0.928. The number of hydrogen-bond acceptors (Lipinski definition) is 3. The summed E-state index contributed by atoms with van der Waals surface area (Å²) >= 11 is 0. The maximum absolute atomic E-state index is 12.7. The number of carbonyl (C=O) groups is 2. The standard InChI is InChI=1S/C27H31N3O2/c28-20-24-7-10-25(11-8-24)27(32)30-17-13-23(14-18-30)19-22-5-3-21(4-6-22)9-12-26(31)29-15-1-2-16-29/h3-8,10-11,23H,1-2,9,12-19H2. The molecule has 0 atom stereocenters. The van der Waals surface area contributed by atoms with Crippen molar-refractivity contribution in [2.24, 2.45) is 5.92 Å². The zero-order valence-corrected chi connectivity index (χ0v) is 18.6. The summed E-state index contributed by atoms with van der Waals surface area (Å²) in [5, 5.41) is 8.91. The number of aryl methyl sites for hydroxylation is 1. The van der Waals surface area contributed by atoms with Crippen molar-refractivity contribution in [3.63, 3.8) is 0 Å². The first-order valence-electron chi connectivity index (χ1n) is 11.8. The molecule has 0 saturated carbocycles. The fraction of sp³-hybridized carbons (Fsp3) is 0.444. The molecule has 0 aromatic heterocycles. The predicted octanol–water partition coefficient (Wildman–Crippen LogP) is 4.21. The van der Waals surface area contributed by atoms with Crippen LogP contribution < -0.4 is 0 Å². The van der Waals surface area contributed by atoms with E-state index in [2.05, 4.69) is 30.3 Å². The molecule has 5 heteroatoms. The van der Waals surface area contributed by atoms with Gasteiger partial charge in [0.25, 0.3) is 5.91 Å². The van der Waals surface area contributed by atoms with Crippen LogP contribution in [0.3, 0.4) is 0 Å². The van der Waals surface area contributed by atoms with Crippen molar-refractivity contribution in [1.82, 2.24) is 9.80 Å². The molecule has 0 radical (unpaired) electrons. The zero-order valence-electron chi connectivity index (χ0n) is 18.6. The summed E-state index contributed by atoms with van der Waals surface area (Å²) in [6.07, 6.45) is 6.75. The van der Waals surface area contributed by atoms with E-state index in [9.17, 15) is 9.59 Å². The highest BCUT2D eigenvalue weighted by Gasteiger charge is 2.24. The molecule has 5 nitrogen and oxygen atoms in total. The Morgan fingerprint density at radius 1 is 0.844 bits per heavy atom. The summed E-state index contributed by atoms with van der Waals surface area (Å²) in [5.41, 5.74) is 3.78. The lowest BCUT2D eigenvalue weighted by Crippen LogP contribution is -2.38. The highest BCUT2D eigenvalue weighted by Crippen LogP contribution is 2.23. The van der Waals surface area contributed by atoms with Gasteiger partial charge in [0.15, 0.2) is 0 Å². The van der Waals surface area contributed by atoms with Crippen molar-refractivity contribution in [1.29, 1.82) is 5.26 Å². The molecule has 2 aliphatic rings. The number of nitrogens with zero attached hydrogens (tertiary/aromatic N) is 3. The van der Waals surface area contributed by atoms with Crippen LogP contribution in [0, 0.1) is 17.2 Å². The van der Waals surface area contributed by atoms with Gasteiger partial charge in [0.2, 0.25) is 5.91 Å². The number of carbonyl (C=O) groups excluding carboxylic acids is 2. The van der Waals surface area contributed by atoms with Crippen LogP contribution in [0.15, 0.2) is 48.5 Å². The first kappa shape index (κ1) is 22.1. The molecule has 0 aliphatic carbocycles. The summed E-state index contributed by atoms with van der Waals surface area (Å²) in [6.45, 7) is 3.41. The van der Waals surface area contributed by atoms with Gasteiger partial charge < -0.3 is 9.80 Å². The Morgan fingerprint density at radius 2 is 1.47 bits per heavy atom. The van der Waals surface area contributed by atoms with Gasteiger partial charge in [0, 0.05) is 38.2 Å². The van der Waals surface area contributed by atoms with Crippen molar-refractivity contribution in [3.05, 3.63) is 70.8 Å². The van der Waals surface area contributed by atoms with Crippen molar-refractivity contribution < 1.29 is 9.59 Å². The normalized spacial score (nSPS) is 16.7. The SMILES string of the molecule is N#Cc1ccc(C(=O)N2CCC(Cc3ccc(CCC(=O)N4CCCC4)cc3)CC2)cc1. The Kier molecular flexibility index (Phi) is 7.21. The Hall–Kier alpha value is -3.13. The second-order valence-electron chi connectivity index (χ2n) is 9.03. The van der Waals surface area contributed by atoms with Crippen LogP contribution in [0.5, 0.6) is 0 Å². The number of benzene rings is 2. The number of hydrogen-bond donors (Lipinski definition) is 0. The van der Waals surface area contributed by atoms with Crippen molar-refractivity contribution >= 4 is 11.8 Å². The molecule has 4 rings (SSSR count). The van der Waals surface area contributed by atoms with E-state index in [0.717, 1.165) is 64.7 Å². The van der Waals surface area contributed by atoms with Gasteiger partial charge in [-0.15, -0.1) is 0 Å². The summed E-state index contributed by atoms with van der Waals surface area (Å²) in [4.78, 5) is 28.9. The largest absolute Gasteiger partial charge is 0.343 e. The topological polar surface area (TPSA) is 64.4 Å². The molecule has 166 valence electrons. The molecule has 2 aromatic rings. The lowest BCUT2D eigenvalue weighted by atomic mass is 9.89. The molecule has 2 fully saturated rings.